The van der Waals surface area contributed by atoms with E-state index in [0.29, 0.717) is 11.4 Å². The van der Waals surface area contributed by atoms with Gasteiger partial charge in [0, 0.05) is 25.0 Å². The summed E-state index contributed by atoms with van der Waals surface area (Å²) in [6.07, 6.45) is 3.74. The largest absolute Gasteiger partial charge is 0.396 e. The first kappa shape index (κ1) is 9.45. The van der Waals surface area contributed by atoms with Crippen LogP contribution in [0.15, 0.2) is 18.5 Å². The van der Waals surface area contributed by atoms with Gasteiger partial charge in [-0.2, -0.15) is 0 Å². The van der Waals surface area contributed by atoms with Crippen LogP contribution in [0.25, 0.3) is 0 Å². The zero-order valence-corrected chi connectivity index (χ0v) is 7.33. The molecule has 0 aromatic carbocycles. The maximum atomic E-state index is 8.63. The number of aliphatic hydroxyl groups is 1. The van der Waals surface area contributed by atoms with Crippen molar-refractivity contribution in [3.63, 3.8) is 0 Å². The molecule has 0 aliphatic rings. The van der Waals surface area contributed by atoms with Crippen molar-refractivity contribution in [1.82, 2.24) is 4.98 Å². The van der Waals surface area contributed by atoms with E-state index in [4.69, 9.17) is 22.4 Å². The Balaban J connectivity index is 2.73. The molecule has 1 atom stereocenters. The second-order valence-electron chi connectivity index (χ2n) is 2.56. The standard InChI is InChI=1S/C8H11ClN2O/c9-7-3-6(4-11-5-7)8(10)1-2-12/h3-5,8,12H,1-2,10H2/t8-/m0/s1. The average Bonchev–Trinajstić information content (AvgIpc) is 2.05. The number of hydrogen-bond donors (Lipinski definition) is 2. The molecule has 0 saturated heterocycles. The second-order valence-corrected chi connectivity index (χ2v) is 2.99. The maximum Gasteiger partial charge on any atom is 0.0592 e. The first-order valence-corrected chi connectivity index (χ1v) is 4.08. The third-order valence-electron chi connectivity index (χ3n) is 1.59. The van der Waals surface area contributed by atoms with E-state index in [-0.39, 0.29) is 12.6 Å². The highest BCUT2D eigenvalue weighted by atomic mass is 35.5. The molecule has 0 saturated carbocycles. The molecule has 1 heterocycles. The van der Waals surface area contributed by atoms with E-state index in [0.717, 1.165) is 5.56 Å². The van der Waals surface area contributed by atoms with Crippen molar-refractivity contribution >= 4 is 11.6 Å². The number of aliphatic hydroxyl groups excluding tert-OH is 1. The summed E-state index contributed by atoms with van der Waals surface area (Å²) < 4.78 is 0. The topological polar surface area (TPSA) is 59.1 Å². The Hall–Kier alpha value is -0.640. The van der Waals surface area contributed by atoms with Crippen LogP contribution in [0.5, 0.6) is 0 Å². The van der Waals surface area contributed by atoms with E-state index in [1.807, 2.05) is 0 Å². The maximum absolute atomic E-state index is 8.63. The molecule has 4 heteroatoms. The molecule has 3 N–H and O–H groups in total. The van der Waals surface area contributed by atoms with Crippen molar-refractivity contribution in [3.8, 4) is 0 Å². The quantitative estimate of drug-likeness (QED) is 0.744. The molecule has 1 aromatic rings. The van der Waals surface area contributed by atoms with Gasteiger partial charge in [-0.15, -0.1) is 0 Å². The molecule has 1 rings (SSSR count). The highest BCUT2D eigenvalue weighted by Gasteiger charge is 2.05. The second kappa shape index (κ2) is 4.40. The summed E-state index contributed by atoms with van der Waals surface area (Å²) >= 11 is 5.71. The molecule has 1 aromatic heterocycles. The molecular weight excluding hydrogens is 176 g/mol. The summed E-state index contributed by atoms with van der Waals surface area (Å²) in [4.78, 5) is 3.89. The molecule has 12 heavy (non-hydrogen) atoms. The van der Waals surface area contributed by atoms with Gasteiger partial charge in [-0.1, -0.05) is 11.6 Å². The van der Waals surface area contributed by atoms with Gasteiger partial charge in [0.2, 0.25) is 0 Å². The summed E-state index contributed by atoms with van der Waals surface area (Å²) in [6, 6.07) is 1.58. The van der Waals surface area contributed by atoms with E-state index in [9.17, 15) is 0 Å². The molecule has 0 fully saturated rings. The Labute approximate surface area is 76.2 Å². The molecule has 66 valence electrons. The van der Waals surface area contributed by atoms with E-state index in [1.165, 1.54) is 0 Å². The molecule has 0 spiro atoms. The highest BCUT2D eigenvalue weighted by Crippen LogP contribution is 2.16. The summed E-state index contributed by atoms with van der Waals surface area (Å²) in [5, 5.41) is 9.20. The van der Waals surface area contributed by atoms with Gasteiger partial charge in [0.15, 0.2) is 0 Å². The summed E-state index contributed by atoms with van der Waals surface area (Å²) in [5.74, 6) is 0. The molecular formula is C8H11ClN2O. The smallest absolute Gasteiger partial charge is 0.0592 e. The normalized spacial score (nSPS) is 12.9. The monoisotopic (exact) mass is 186 g/mol. The van der Waals surface area contributed by atoms with Crippen LogP contribution < -0.4 is 5.73 Å². The number of rotatable bonds is 3. The van der Waals surface area contributed by atoms with E-state index >= 15 is 0 Å². The van der Waals surface area contributed by atoms with Crippen LogP contribution in [0.2, 0.25) is 5.02 Å². The lowest BCUT2D eigenvalue weighted by atomic mass is 10.1. The fourth-order valence-corrected chi connectivity index (χ4v) is 1.12. The van der Waals surface area contributed by atoms with E-state index in [1.54, 1.807) is 18.5 Å². The summed E-state index contributed by atoms with van der Waals surface area (Å²) in [5.41, 5.74) is 6.57. The number of nitrogens with two attached hydrogens (primary N) is 1. The van der Waals surface area contributed by atoms with Crippen LogP contribution in [0.3, 0.4) is 0 Å². The molecule has 0 aliphatic carbocycles. The molecule has 3 nitrogen and oxygen atoms in total. The molecule has 0 unspecified atom stereocenters. The summed E-state index contributed by atoms with van der Waals surface area (Å²) in [7, 11) is 0. The SMILES string of the molecule is N[C@@H](CCO)c1cncc(Cl)c1. The van der Waals surface area contributed by atoms with Crippen LogP contribution in [0, 0.1) is 0 Å². The van der Waals surface area contributed by atoms with Gasteiger partial charge in [0.25, 0.3) is 0 Å². The Morgan fingerprint density at radius 3 is 2.92 bits per heavy atom. The van der Waals surface area contributed by atoms with Gasteiger partial charge < -0.3 is 10.8 Å². The minimum atomic E-state index is -0.179. The summed E-state index contributed by atoms with van der Waals surface area (Å²) in [6.45, 7) is 0.0771. The number of aromatic nitrogens is 1. The van der Waals surface area contributed by atoms with Crippen molar-refractivity contribution in [2.24, 2.45) is 5.73 Å². The third kappa shape index (κ3) is 2.44. The Morgan fingerprint density at radius 1 is 1.58 bits per heavy atom. The highest BCUT2D eigenvalue weighted by molar-refractivity contribution is 6.30. The fourth-order valence-electron chi connectivity index (χ4n) is 0.937. The number of hydrogen-bond acceptors (Lipinski definition) is 3. The average molecular weight is 187 g/mol. The molecule has 0 aliphatic heterocycles. The van der Waals surface area contributed by atoms with Crippen molar-refractivity contribution in [2.75, 3.05) is 6.61 Å². The minimum Gasteiger partial charge on any atom is -0.396 e. The zero-order chi connectivity index (χ0) is 8.97. The van der Waals surface area contributed by atoms with Gasteiger partial charge in [0.05, 0.1) is 5.02 Å². The first-order chi connectivity index (χ1) is 5.74. The lowest BCUT2D eigenvalue weighted by Crippen LogP contribution is -2.11. The van der Waals surface area contributed by atoms with Gasteiger partial charge in [-0.05, 0) is 18.1 Å². The predicted octanol–water partition coefficient (Wildman–Crippen LogP) is 1.12. The zero-order valence-electron chi connectivity index (χ0n) is 6.57. The lowest BCUT2D eigenvalue weighted by Gasteiger charge is -2.09. The fraction of sp³-hybridized carbons (Fsp3) is 0.375. The van der Waals surface area contributed by atoms with Crippen LogP contribution in [0.4, 0.5) is 0 Å². The van der Waals surface area contributed by atoms with Gasteiger partial charge in [-0.25, -0.2) is 0 Å². The number of pyridine rings is 1. The Kier molecular flexibility index (Phi) is 3.47. The molecule has 0 amide bonds. The van der Waals surface area contributed by atoms with Crippen molar-refractivity contribution in [1.29, 1.82) is 0 Å². The van der Waals surface area contributed by atoms with Crippen LogP contribution in [-0.2, 0) is 0 Å². The minimum absolute atomic E-state index is 0.0771. The predicted molar refractivity (Wildman–Crippen MR) is 47.9 cm³/mol. The Morgan fingerprint density at radius 2 is 2.33 bits per heavy atom. The molecule has 0 radical (unpaired) electrons. The van der Waals surface area contributed by atoms with E-state index in [2.05, 4.69) is 4.98 Å². The third-order valence-corrected chi connectivity index (χ3v) is 1.80. The van der Waals surface area contributed by atoms with Crippen LogP contribution >= 0.6 is 11.6 Å². The van der Waals surface area contributed by atoms with Gasteiger partial charge >= 0.3 is 0 Å². The molecule has 0 bridgehead atoms. The lowest BCUT2D eigenvalue weighted by molar-refractivity contribution is 0.276. The van der Waals surface area contributed by atoms with Crippen LogP contribution in [-0.4, -0.2) is 16.7 Å². The number of halogens is 1. The van der Waals surface area contributed by atoms with Crippen LogP contribution in [0.1, 0.15) is 18.0 Å². The van der Waals surface area contributed by atoms with Gasteiger partial charge in [0.1, 0.15) is 0 Å². The van der Waals surface area contributed by atoms with Crippen molar-refractivity contribution in [2.45, 2.75) is 12.5 Å². The van der Waals surface area contributed by atoms with Gasteiger partial charge in [-0.3, -0.25) is 4.98 Å². The van der Waals surface area contributed by atoms with E-state index < -0.39 is 0 Å². The van der Waals surface area contributed by atoms with Crippen molar-refractivity contribution in [3.05, 3.63) is 29.0 Å². The number of nitrogens with zero attached hydrogens (tertiary/aromatic N) is 1. The Bertz CT molecular complexity index is 255. The van der Waals surface area contributed by atoms with Crippen molar-refractivity contribution < 1.29 is 5.11 Å². The first-order valence-electron chi connectivity index (χ1n) is 3.71.